The molecule has 0 amide bonds. The quantitative estimate of drug-likeness (QED) is 0.804. The lowest BCUT2D eigenvalue weighted by Gasteiger charge is -2.23. The SMILES string of the molecule is CN1CC2CN(c3ccnc4cc(C(F)(F)F)ccc34)CC2C1. The topological polar surface area (TPSA) is 19.4 Å². The summed E-state index contributed by atoms with van der Waals surface area (Å²) in [5.74, 6) is 1.30. The average Bonchev–Trinajstić information content (AvgIpc) is 3.02. The molecular weight excluding hydrogens is 303 g/mol. The molecule has 0 bridgehead atoms. The van der Waals surface area contributed by atoms with Gasteiger partial charge in [-0.1, -0.05) is 6.07 Å². The lowest BCUT2D eigenvalue weighted by atomic mass is 10.0. The van der Waals surface area contributed by atoms with Crippen LogP contribution in [0.5, 0.6) is 0 Å². The van der Waals surface area contributed by atoms with E-state index >= 15 is 0 Å². The summed E-state index contributed by atoms with van der Waals surface area (Å²) in [6.45, 7) is 4.13. The molecule has 1 aromatic carbocycles. The van der Waals surface area contributed by atoms with E-state index in [0.717, 1.165) is 49.4 Å². The van der Waals surface area contributed by atoms with E-state index in [-0.39, 0.29) is 0 Å². The maximum absolute atomic E-state index is 12.9. The first-order chi connectivity index (χ1) is 10.9. The van der Waals surface area contributed by atoms with Crippen LogP contribution in [-0.2, 0) is 6.18 Å². The van der Waals surface area contributed by atoms with Gasteiger partial charge >= 0.3 is 6.18 Å². The average molecular weight is 321 g/mol. The second kappa shape index (κ2) is 5.09. The maximum Gasteiger partial charge on any atom is 0.416 e. The van der Waals surface area contributed by atoms with Crippen LogP contribution in [0, 0.1) is 11.8 Å². The summed E-state index contributed by atoms with van der Waals surface area (Å²) in [6.07, 6.45) is -2.72. The normalized spacial score (nSPS) is 25.3. The predicted molar refractivity (Wildman–Crippen MR) is 83.4 cm³/mol. The first-order valence-electron chi connectivity index (χ1n) is 7.81. The largest absolute Gasteiger partial charge is 0.416 e. The van der Waals surface area contributed by atoms with Crippen LogP contribution >= 0.6 is 0 Å². The monoisotopic (exact) mass is 321 g/mol. The molecule has 0 N–H and O–H groups in total. The number of halogens is 3. The smallest absolute Gasteiger partial charge is 0.370 e. The van der Waals surface area contributed by atoms with Gasteiger partial charge in [-0.25, -0.2) is 0 Å². The molecule has 3 nitrogen and oxygen atoms in total. The van der Waals surface area contributed by atoms with Crippen LogP contribution in [0.1, 0.15) is 5.56 Å². The van der Waals surface area contributed by atoms with Gasteiger partial charge in [0.1, 0.15) is 0 Å². The minimum atomic E-state index is -4.33. The van der Waals surface area contributed by atoms with E-state index in [0.29, 0.717) is 17.4 Å². The molecule has 2 atom stereocenters. The highest BCUT2D eigenvalue weighted by molar-refractivity contribution is 5.92. The number of benzene rings is 1. The fraction of sp³-hybridized carbons (Fsp3) is 0.471. The van der Waals surface area contributed by atoms with Crippen LogP contribution in [-0.4, -0.2) is 43.1 Å². The Morgan fingerprint density at radius 1 is 1.04 bits per heavy atom. The maximum atomic E-state index is 12.9. The third kappa shape index (κ3) is 2.55. The van der Waals surface area contributed by atoms with Gasteiger partial charge in [-0.3, -0.25) is 4.98 Å². The number of aromatic nitrogens is 1. The first-order valence-corrected chi connectivity index (χ1v) is 7.81. The lowest BCUT2D eigenvalue weighted by Crippen LogP contribution is -2.26. The number of rotatable bonds is 1. The van der Waals surface area contributed by atoms with Crippen LogP contribution in [0.4, 0.5) is 18.9 Å². The Hall–Kier alpha value is -1.82. The van der Waals surface area contributed by atoms with Gasteiger partial charge in [0.15, 0.2) is 0 Å². The minimum absolute atomic E-state index is 0.409. The fourth-order valence-electron chi connectivity index (χ4n) is 4.01. The van der Waals surface area contributed by atoms with E-state index in [1.807, 2.05) is 6.07 Å². The molecule has 0 aliphatic carbocycles. The zero-order chi connectivity index (χ0) is 16.2. The van der Waals surface area contributed by atoms with Crippen molar-refractivity contribution in [2.45, 2.75) is 6.18 Å². The van der Waals surface area contributed by atoms with Gasteiger partial charge in [0, 0.05) is 43.4 Å². The molecule has 2 unspecified atom stereocenters. The third-order valence-electron chi connectivity index (χ3n) is 5.06. The van der Waals surface area contributed by atoms with Crippen molar-refractivity contribution < 1.29 is 13.2 Å². The van der Waals surface area contributed by atoms with Crippen LogP contribution in [0.15, 0.2) is 30.5 Å². The van der Waals surface area contributed by atoms with Gasteiger partial charge in [-0.2, -0.15) is 13.2 Å². The molecule has 23 heavy (non-hydrogen) atoms. The Bertz CT molecular complexity index is 729. The number of hydrogen-bond donors (Lipinski definition) is 0. The Morgan fingerprint density at radius 3 is 2.39 bits per heavy atom. The minimum Gasteiger partial charge on any atom is -0.370 e. The molecule has 2 aromatic rings. The molecule has 2 fully saturated rings. The van der Waals surface area contributed by atoms with Crippen molar-refractivity contribution in [1.82, 2.24) is 9.88 Å². The Morgan fingerprint density at radius 2 is 1.74 bits per heavy atom. The van der Waals surface area contributed by atoms with Crippen molar-refractivity contribution in [2.24, 2.45) is 11.8 Å². The van der Waals surface area contributed by atoms with Gasteiger partial charge in [-0.15, -0.1) is 0 Å². The molecule has 2 aliphatic heterocycles. The molecular formula is C17H18F3N3. The van der Waals surface area contributed by atoms with E-state index in [9.17, 15) is 13.2 Å². The van der Waals surface area contributed by atoms with Crippen molar-refractivity contribution in [1.29, 1.82) is 0 Å². The fourth-order valence-corrected chi connectivity index (χ4v) is 4.01. The summed E-state index contributed by atoms with van der Waals surface area (Å²) in [7, 11) is 2.14. The Labute approximate surface area is 132 Å². The zero-order valence-corrected chi connectivity index (χ0v) is 12.8. The van der Waals surface area contributed by atoms with E-state index in [1.54, 1.807) is 12.3 Å². The van der Waals surface area contributed by atoms with E-state index in [1.165, 1.54) is 0 Å². The Balaban J connectivity index is 1.69. The molecule has 2 aliphatic rings. The van der Waals surface area contributed by atoms with Crippen molar-refractivity contribution in [3.8, 4) is 0 Å². The molecule has 0 spiro atoms. The van der Waals surface area contributed by atoms with E-state index in [4.69, 9.17) is 0 Å². The van der Waals surface area contributed by atoms with Crippen LogP contribution in [0.25, 0.3) is 10.9 Å². The van der Waals surface area contributed by atoms with Crippen molar-refractivity contribution in [3.63, 3.8) is 0 Å². The molecule has 1 aromatic heterocycles. The molecule has 0 saturated carbocycles. The molecule has 3 heterocycles. The number of fused-ring (bicyclic) bond motifs is 2. The van der Waals surface area contributed by atoms with E-state index < -0.39 is 11.7 Å². The molecule has 122 valence electrons. The van der Waals surface area contributed by atoms with Gasteiger partial charge in [0.2, 0.25) is 0 Å². The second-order valence-electron chi connectivity index (χ2n) is 6.71. The van der Waals surface area contributed by atoms with Gasteiger partial charge < -0.3 is 9.80 Å². The van der Waals surface area contributed by atoms with Gasteiger partial charge in [0.25, 0.3) is 0 Å². The van der Waals surface area contributed by atoms with Gasteiger partial charge in [-0.05, 0) is 37.1 Å². The summed E-state index contributed by atoms with van der Waals surface area (Å²) in [5.41, 5.74) is 0.766. The molecule has 0 radical (unpaired) electrons. The van der Waals surface area contributed by atoms with Crippen molar-refractivity contribution >= 4 is 16.6 Å². The highest BCUT2D eigenvalue weighted by Crippen LogP contribution is 2.37. The summed E-state index contributed by atoms with van der Waals surface area (Å²) >= 11 is 0. The van der Waals surface area contributed by atoms with Crippen molar-refractivity contribution in [2.75, 3.05) is 38.1 Å². The second-order valence-corrected chi connectivity index (χ2v) is 6.71. The number of hydrogen-bond acceptors (Lipinski definition) is 3. The number of pyridine rings is 1. The van der Waals surface area contributed by atoms with Gasteiger partial charge in [0.05, 0.1) is 11.1 Å². The van der Waals surface area contributed by atoms with Crippen LogP contribution in [0.2, 0.25) is 0 Å². The molecule has 2 saturated heterocycles. The van der Waals surface area contributed by atoms with Crippen LogP contribution < -0.4 is 4.90 Å². The predicted octanol–water partition coefficient (Wildman–Crippen LogP) is 3.25. The summed E-state index contributed by atoms with van der Waals surface area (Å²) in [5, 5.41) is 0.800. The third-order valence-corrected chi connectivity index (χ3v) is 5.06. The lowest BCUT2D eigenvalue weighted by molar-refractivity contribution is -0.137. The van der Waals surface area contributed by atoms with Crippen molar-refractivity contribution in [3.05, 3.63) is 36.0 Å². The summed E-state index contributed by atoms with van der Waals surface area (Å²) in [4.78, 5) is 8.80. The zero-order valence-electron chi connectivity index (χ0n) is 12.8. The Kier molecular flexibility index (Phi) is 3.27. The highest BCUT2D eigenvalue weighted by Gasteiger charge is 2.39. The standard InChI is InChI=1S/C17H18F3N3/c1-22-7-11-9-23(10-12(11)8-22)16-4-5-21-15-6-13(17(18,19)20)2-3-14(15)16/h2-6,11-12H,7-10H2,1H3. The molecule has 6 heteroatoms. The number of alkyl halides is 3. The highest BCUT2D eigenvalue weighted by atomic mass is 19.4. The first kappa shape index (κ1) is 14.8. The number of anilines is 1. The van der Waals surface area contributed by atoms with Crippen LogP contribution in [0.3, 0.4) is 0 Å². The number of nitrogens with zero attached hydrogens (tertiary/aromatic N) is 3. The summed E-state index contributed by atoms with van der Waals surface area (Å²) in [6, 6.07) is 5.77. The molecule has 4 rings (SSSR count). The summed E-state index contributed by atoms with van der Waals surface area (Å²) < 4.78 is 38.6. The number of likely N-dealkylation sites (tertiary alicyclic amines) is 1. The van der Waals surface area contributed by atoms with E-state index in [2.05, 4.69) is 21.8 Å².